The maximum absolute atomic E-state index is 5.74. The second-order valence-electron chi connectivity index (χ2n) is 3.41. The van der Waals surface area contributed by atoms with Gasteiger partial charge in [-0.25, -0.2) is 4.98 Å². The van der Waals surface area contributed by atoms with Crippen molar-refractivity contribution in [1.29, 1.82) is 0 Å². The first-order valence-corrected chi connectivity index (χ1v) is 5.61. The average molecular weight is 215 g/mol. The number of fused-ring (bicyclic) bond motifs is 1. The van der Waals surface area contributed by atoms with E-state index in [-0.39, 0.29) is 0 Å². The first-order valence-electron chi connectivity index (χ1n) is 4.73. The SMILES string of the molecule is Cc1scnc1-c1cc2ccccc2o1. The highest BCUT2D eigenvalue weighted by Gasteiger charge is 2.10. The van der Waals surface area contributed by atoms with Crippen molar-refractivity contribution < 1.29 is 4.42 Å². The summed E-state index contributed by atoms with van der Waals surface area (Å²) in [6.07, 6.45) is 0. The van der Waals surface area contributed by atoms with E-state index in [4.69, 9.17) is 4.42 Å². The molecule has 2 nitrogen and oxygen atoms in total. The van der Waals surface area contributed by atoms with Gasteiger partial charge in [-0.05, 0) is 19.1 Å². The lowest BCUT2D eigenvalue weighted by Gasteiger charge is -1.90. The molecule has 0 radical (unpaired) electrons. The largest absolute Gasteiger partial charge is 0.454 e. The van der Waals surface area contributed by atoms with Crippen LogP contribution < -0.4 is 0 Å². The number of rotatable bonds is 1. The summed E-state index contributed by atoms with van der Waals surface area (Å²) in [6, 6.07) is 10.0. The van der Waals surface area contributed by atoms with Gasteiger partial charge in [-0.2, -0.15) is 0 Å². The molecule has 0 saturated carbocycles. The van der Waals surface area contributed by atoms with Crippen LogP contribution in [-0.4, -0.2) is 4.98 Å². The minimum absolute atomic E-state index is 0.856. The third kappa shape index (κ3) is 1.36. The van der Waals surface area contributed by atoms with Gasteiger partial charge in [-0.3, -0.25) is 0 Å². The van der Waals surface area contributed by atoms with E-state index in [1.165, 1.54) is 4.88 Å². The van der Waals surface area contributed by atoms with Gasteiger partial charge in [-0.1, -0.05) is 18.2 Å². The molecule has 2 heterocycles. The molecule has 0 unspecified atom stereocenters. The Balaban J connectivity index is 2.24. The third-order valence-electron chi connectivity index (χ3n) is 2.40. The van der Waals surface area contributed by atoms with Crippen LogP contribution in [0.4, 0.5) is 0 Å². The monoisotopic (exact) mass is 215 g/mol. The molecule has 3 heteroatoms. The van der Waals surface area contributed by atoms with Gasteiger partial charge in [0.25, 0.3) is 0 Å². The van der Waals surface area contributed by atoms with Crippen molar-refractivity contribution in [1.82, 2.24) is 4.98 Å². The summed E-state index contributed by atoms with van der Waals surface area (Å²) in [5, 5.41) is 1.12. The zero-order valence-corrected chi connectivity index (χ0v) is 9.04. The first-order chi connectivity index (χ1) is 7.34. The molecule has 74 valence electrons. The Kier molecular flexibility index (Phi) is 1.86. The highest BCUT2D eigenvalue weighted by atomic mass is 32.1. The van der Waals surface area contributed by atoms with E-state index in [9.17, 15) is 0 Å². The standard InChI is InChI=1S/C12H9NOS/c1-8-12(13-7-15-8)11-6-9-4-2-3-5-10(9)14-11/h2-7H,1H3. The molecule has 0 atom stereocenters. The van der Waals surface area contributed by atoms with Crippen LogP contribution in [0.3, 0.4) is 0 Å². The molecule has 0 saturated heterocycles. The topological polar surface area (TPSA) is 26.0 Å². The molecule has 0 aliphatic carbocycles. The molecular weight excluding hydrogens is 206 g/mol. The molecule has 3 rings (SSSR count). The van der Waals surface area contributed by atoms with Gasteiger partial charge in [0, 0.05) is 10.3 Å². The maximum Gasteiger partial charge on any atom is 0.154 e. The van der Waals surface area contributed by atoms with E-state index in [0.717, 1.165) is 22.4 Å². The Morgan fingerprint density at radius 2 is 2.13 bits per heavy atom. The molecule has 0 fully saturated rings. The van der Waals surface area contributed by atoms with Crippen LogP contribution >= 0.6 is 11.3 Å². The van der Waals surface area contributed by atoms with Crippen LogP contribution in [0, 0.1) is 6.92 Å². The minimum Gasteiger partial charge on any atom is -0.454 e. The van der Waals surface area contributed by atoms with Crippen molar-refractivity contribution in [3.63, 3.8) is 0 Å². The predicted octanol–water partition coefficient (Wildman–Crippen LogP) is 3.86. The Bertz CT molecular complexity index is 576. The van der Waals surface area contributed by atoms with Crippen LogP contribution in [0.5, 0.6) is 0 Å². The van der Waals surface area contributed by atoms with Crippen molar-refractivity contribution >= 4 is 22.3 Å². The van der Waals surface area contributed by atoms with Crippen molar-refractivity contribution in [3.05, 3.63) is 40.7 Å². The summed E-state index contributed by atoms with van der Waals surface area (Å²) < 4.78 is 5.74. The Labute approximate surface area is 91.2 Å². The molecule has 3 aromatic rings. The van der Waals surface area contributed by atoms with Crippen LogP contribution in [0.1, 0.15) is 4.88 Å². The summed E-state index contributed by atoms with van der Waals surface area (Å²) in [5.41, 5.74) is 3.72. The first kappa shape index (κ1) is 8.68. The van der Waals surface area contributed by atoms with Gasteiger partial charge in [0.2, 0.25) is 0 Å². The normalized spacial score (nSPS) is 11.0. The number of aryl methyl sites for hydroxylation is 1. The Morgan fingerprint density at radius 1 is 1.27 bits per heavy atom. The molecule has 0 aliphatic rings. The zero-order valence-electron chi connectivity index (χ0n) is 8.23. The van der Waals surface area contributed by atoms with E-state index in [2.05, 4.69) is 11.9 Å². The van der Waals surface area contributed by atoms with Crippen molar-refractivity contribution in [2.45, 2.75) is 6.92 Å². The number of hydrogen-bond acceptors (Lipinski definition) is 3. The number of aromatic nitrogens is 1. The van der Waals surface area contributed by atoms with Gasteiger partial charge in [0.15, 0.2) is 5.76 Å². The molecule has 2 aromatic heterocycles. The number of hydrogen-bond donors (Lipinski definition) is 0. The predicted molar refractivity (Wildman–Crippen MR) is 62.1 cm³/mol. The number of nitrogens with zero attached hydrogens (tertiary/aromatic N) is 1. The minimum atomic E-state index is 0.856. The van der Waals surface area contributed by atoms with E-state index >= 15 is 0 Å². The fourth-order valence-corrected chi connectivity index (χ4v) is 2.22. The van der Waals surface area contributed by atoms with Crippen LogP contribution in [0.15, 0.2) is 40.3 Å². The zero-order chi connectivity index (χ0) is 10.3. The summed E-state index contributed by atoms with van der Waals surface area (Å²) >= 11 is 1.64. The fraction of sp³-hybridized carbons (Fsp3) is 0.0833. The summed E-state index contributed by atoms with van der Waals surface area (Å²) in [4.78, 5) is 5.49. The lowest BCUT2D eigenvalue weighted by atomic mass is 10.2. The Morgan fingerprint density at radius 3 is 2.87 bits per heavy atom. The highest BCUT2D eigenvalue weighted by molar-refractivity contribution is 7.10. The lowest BCUT2D eigenvalue weighted by Crippen LogP contribution is -1.74. The number of para-hydroxylation sites is 1. The average Bonchev–Trinajstić information content (AvgIpc) is 2.82. The molecule has 0 aliphatic heterocycles. The molecule has 0 bridgehead atoms. The third-order valence-corrected chi connectivity index (χ3v) is 3.16. The van der Waals surface area contributed by atoms with Crippen molar-refractivity contribution in [2.75, 3.05) is 0 Å². The number of furan rings is 1. The van der Waals surface area contributed by atoms with Crippen molar-refractivity contribution in [3.8, 4) is 11.5 Å². The number of thiazole rings is 1. The fourth-order valence-electron chi connectivity index (χ4n) is 1.64. The maximum atomic E-state index is 5.74. The van der Waals surface area contributed by atoms with Gasteiger partial charge in [0.1, 0.15) is 11.3 Å². The summed E-state index contributed by atoms with van der Waals surface area (Å²) in [5.74, 6) is 0.856. The quantitative estimate of drug-likeness (QED) is 0.616. The van der Waals surface area contributed by atoms with Gasteiger partial charge in [0.05, 0.1) is 5.51 Å². The van der Waals surface area contributed by atoms with Gasteiger partial charge >= 0.3 is 0 Å². The second-order valence-corrected chi connectivity index (χ2v) is 4.46. The molecular formula is C12H9NOS. The van der Waals surface area contributed by atoms with Crippen LogP contribution in [0.2, 0.25) is 0 Å². The molecule has 1 aromatic carbocycles. The van der Waals surface area contributed by atoms with E-state index < -0.39 is 0 Å². The molecule has 0 N–H and O–H groups in total. The van der Waals surface area contributed by atoms with E-state index in [0.29, 0.717) is 0 Å². The van der Waals surface area contributed by atoms with Crippen LogP contribution in [-0.2, 0) is 0 Å². The summed E-state index contributed by atoms with van der Waals surface area (Å²) in [7, 11) is 0. The van der Waals surface area contributed by atoms with Crippen LogP contribution in [0.25, 0.3) is 22.4 Å². The summed E-state index contributed by atoms with van der Waals surface area (Å²) in [6.45, 7) is 2.06. The molecule has 0 amide bonds. The Hall–Kier alpha value is -1.61. The lowest BCUT2D eigenvalue weighted by molar-refractivity contribution is 0.629. The smallest absolute Gasteiger partial charge is 0.154 e. The van der Waals surface area contributed by atoms with E-state index in [1.807, 2.05) is 35.8 Å². The van der Waals surface area contributed by atoms with E-state index in [1.54, 1.807) is 11.3 Å². The van der Waals surface area contributed by atoms with Gasteiger partial charge in [-0.15, -0.1) is 11.3 Å². The molecule has 15 heavy (non-hydrogen) atoms. The van der Waals surface area contributed by atoms with Gasteiger partial charge < -0.3 is 4.42 Å². The molecule has 0 spiro atoms. The highest BCUT2D eigenvalue weighted by Crippen LogP contribution is 2.29. The number of benzene rings is 1. The second kappa shape index (κ2) is 3.21. The van der Waals surface area contributed by atoms with Crippen molar-refractivity contribution in [2.24, 2.45) is 0 Å².